The summed E-state index contributed by atoms with van der Waals surface area (Å²) >= 11 is 0. The Kier molecular flexibility index (Phi) is 7.54. The second-order valence-corrected chi connectivity index (χ2v) is 4.35. The fraction of sp³-hybridized carbons (Fsp3) is 0.917. The van der Waals surface area contributed by atoms with Gasteiger partial charge in [0, 0.05) is 6.92 Å². The number of ether oxygens (including phenoxy) is 1. The first-order valence-electron chi connectivity index (χ1n) is 5.69. The molecule has 0 aliphatic heterocycles. The fourth-order valence-corrected chi connectivity index (χ4v) is 1.36. The van der Waals surface area contributed by atoms with Gasteiger partial charge in [0.25, 0.3) is 0 Å². The van der Waals surface area contributed by atoms with Crippen molar-refractivity contribution in [2.75, 3.05) is 6.61 Å². The second-order valence-electron chi connectivity index (χ2n) is 4.35. The van der Waals surface area contributed by atoms with Gasteiger partial charge in [0.2, 0.25) is 0 Å². The summed E-state index contributed by atoms with van der Waals surface area (Å²) in [5.41, 5.74) is 0. The summed E-state index contributed by atoms with van der Waals surface area (Å²) in [4.78, 5) is 10.6. The molecule has 0 radical (unpaired) electrons. The Balaban J connectivity index is 3.35. The van der Waals surface area contributed by atoms with Gasteiger partial charge in [-0.3, -0.25) is 4.79 Å². The Labute approximate surface area is 88.0 Å². The van der Waals surface area contributed by atoms with Crippen LogP contribution in [0.4, 0.5) is 0 Å². The highest BCUT2D eigenvalue weighted by Crippen LogP contribution is 2.15. The average Bonchev–Trinajstić information content (AvgIpc) is 2.14. The van der Waals surface area contributed by atoms with Crippen molar-refractivity contribution in [1.82, 2.24) is 0 Å². The van der Waals surface area contributed by atoms with Crippen LogP contribution in [0.5, 0.6) is 0 Å². The third kappa shape index (κ3) is 8.09. The van der Waals surface area contributed by atoms with E-state index in [-0.39, 0.29) is 5.97 Å². The largest absolute Gasteiger partial charge is 0.466 e. The minimum absolute atomic E-state index is 0.168. The first-order valence-corrected chi connectivity index (χ1v) is 5.69. The van der Waals surface area contributed by atoms with Crippen molar-refractivity contribution >= 4 is 5.97 Å². The lowest BCUT2D eigenvalue weighted by molar-refractivity contribution is -0.142. The molecule has 2 nitrogen and oxygen atoms in total. The van der Waals surface area contributed by atoms with Crippen molar-refractivity contribution in [3.8, 4) is 0 Å². The molecule has 0 aromatic carbocycles. The topological polar surface area (TPSA) is 26.3 Å². The summed E-state index contributed by atoms with van der Waals surface area (Å²) in [5.74, 6) is 1.16. The number of carbonyl (C=O) groups excluding carboxylic acids is 1. The van der Waals surface area contributed by atoms with E-state index < -0.39 is 0 Å². The van der Waals surface area contributed by atoms with Crippen molar-refractivity contribution in [1.29, 1.82) is 0 Å². The van der Waals surface area contributed by atoms with Gasteiger partial charge >= 0.3 is 5.97 Å². The quantitative estimate of drug-likeness (QED) is 0.589. The molecule has 0 rings (SSSR count). The second kappa shape index (κ2) is 7.84. The Morgan fingerprint density at radius 2 is 1.79 bits per heavy atom. The highest BCUT2D eigenvalue weighted by molar-refractivity contribution is 5.65. The zero-order valence-corrected chi connectivity index (χ0v) is 10.0. The normalized spacial score (nSPS) is 14.9. The summed E-state index contributed by atoms with van der Waals surface area (Å²) in [6, 6.07) is 0. The van der Waals surface area contributed by atoms with Crippen molar-refractivity contribution in [2.24, 2.45) is 11.8 Å². The van der Waals surface area contributed by atoms with Crippen molar-refractivity contribution in [3.63, 3.8) is 0 Å². The molecule has 0 aromatic rings. The molecule has 0 aliphatic rings. The monoisotopic (exact) mass is 200 g/mol. The van der Waals surface area contributed by atoms with Crippen LogP contribution in [0, 0.1) is 11.8 Å². The van der Waals surface area contributed by atoms with Crippen molar-refractivity contribution in [3.05, 3.63) is 0 Å². The van der Waals surface area contributed by atoms with Gasteiger partial charge in [0.1, 0.15) is 0 Å². The van der Waals surface area contributed by atoms with Gasteiger partial charge in [-0.2, -0.15) is 0 Å². The number of hydrogen-bond acceptors (Lipinski definition) is 2. The Morgan fingerprint density at radius 1 is 1.21 bits per heavy atom. The molecule has 0 saturated carbocycles. The number of esters is 1. The molecule has 84 valence electrons. The molecule has 0 unspecified atom stereocenters. The lowest BCUT2D eigenvalue weighted by Gasteiger charge is -2.12. The Morgan fingerprint density at radius 3 is 2.29 bits per heavy atom. The van der Waals surface area contributed by atoms with Gasteiger partial charge < -0.3 is 4.74 Å². The summed E-state index contributed by atoms with van der Waals surface area (Å²) in [6.45, 7) is 8.70. The standard InChI is InChI=1S/C12H24O2/c1-5-10(2)7-6-8-11(3)9-14-12(4)13/h10-11H,5-9H2,1-4H3/t10-,11+/m0/s1. The molecule has 0 heterocycles. The van der Waals surface area contributed by atoms with Crippen LogP contribution in [0.3, 0.4) is 0 Å². The van der Waals surface area contributed by atoms with Crippen LogP contribution in [0.2, 0.25) is 0 Å². The maximum Gasteiger partial charge on any atom is 0.302 e. The van der Waals surface area contributed by atoms with E-state index in [1.165, 1.54) is 26.2 Å². The number of hydrogen-bond donors (Lipinski definition) is 0. The molecular weight excluding hydrogens is 176 g/mol. The van der Waals surface area contributed by atoms with Gasteiger partial charge in [-0.15, -0.1) is 0 Å². The first-order chi connectivity index (χ1) is 6.56. The van der Waals surface area contributed by atoms with Crippen LogP contribution in [-0.2, 0) is 9.53 Å². The van der Waals surface area contributed by atoms with Gasteiger partial charge in [-0.05, 0) is 18.3 Å². The molecule has 0 spiro atoms. The fourth-order valence-electron chi connectivity index (χ4n) is 1.36. The molecular formula is C12H24O2. The van der Waals surface area contributed by atoms with E-state index in [2.05, 4.69) is 20.8 Å². The third-order valence-corrected chi connectivity index (χ3v) is 2.66. The van der Waals surface area contributed by atoms with Crippen molar-refractivity contribution < 1.29 is 9.53 Å². The van der Waals surface area contributed by atoms with Crippen LogP contribution < -0.4 is 0 Å². The summed E-state index contributed by atoms with van der Waals surface area (Å²) < 4.78 is 4.95. The SMILES string of the molecule is CC[C@H](C)CCC[C@@H](C)COC(C)=O. The number of rotatable bonds is 7. The van der Waals surface area contributed by atoms with E-state index in [4.69, 9.17) is 4.74 Å². The average molecular weight is 200 g/mol. The molecule has 14 heavy (non-hydrogen) atoms. The molecule has 0 N–H and O–H groups in total. The molecule has 0 fully saturated rings. The van der Waals surface area contributed by atoms with Gasteiger partial charge in [0.15, 0.2) is 0 Å². The minimum Gasteiger partial charge on any atom is -0.466 e. The predicted molar refractivity (Wildman–Crippen MR) is 59.1 cm³/mol. The van der Waals surface area contributed by atoms with Gasteiger partial charge in [-0.25, -0.2) is 0 Å². The van der Waals surface area contributed by atoms with E-state index in [0.717, 1.165) is 12.3 Å². The Hall–Kier alpha value is -0.530. The molecule has 0 amide bonds. The maximum atomic E-state index is 10.6. The van der Waals surface area contributed by atoms with Crippen LogP contribution in [0.1, 0.15) is 53.4 Å². The maximum absolute atomic E-state index is 10.6. The predicted octanol–water partition coefficient (Wildman–Crippen LogP) is 3.40. The molecule has 0 saturated heterocycles. The van der Waals surface area contributed by atoms with E-state index in [9.17, 15) is 4.79 Å². The van der Waals surface area contributed by atoms with Gasteiger partial charge in [-0.1, -0.05) is 40.0 Å². The van der Waals surface area contributed by atoms with E-state index in [1.807, 2.05) is 0 Å². The molecule has 0 aliphatic carbocycles. The van der Waals surface area contributed by atoms with Crippen LogP contribution in [0.25, 0.3) is 0 Å². The van der Waals surface area contributed by atoms with E-state index in [0.29, 0.717) is 12.5 Å². The smallest absolute Gasteiger partial charge is 0.302 e. The van der Waals surface area contributed by atoms with Crippen molar-refractivity contribution in [2.45, 2.75) is 53.4 Å². The molecule has 2 atom stereocenters. The third-order valence-electron chi connectivity index (χ3n) is 2.66. The number of carbonyl (C=O) groups is 1. The highest BCUT2D eigenvalue weighted by atomic mass is 16.5. The zero-order chi connectivity index (χ0) is 11.0. The summed E-state index contributed by atoms with van der Waals surface area (Å²) in [7, 11) is 0. The van der Waals surface area contributed by atoms with E-state index >= 15 is 0 Å². The van der Waals surface area contributed by atoms with Crippen LogP contribution >= 0.6 is 0 Å². The van der Waals surface area contributed by atoms with Crippen LogP contribution in [-0.4, -0.2) is 12.6 Å². The zero-order valence-electron chi connectivity index (χ0n) is 10.0. The summed E-state index contributed by atoms with van der Waals surface area (Å²) in [5, 5.41) is 0. The highest BCUT2D eigenvalue weighted by Gasteiger charge is 2.05. The molecule has 2 heteroatoms. The van der Waals surface area contributed by atoms with Gasteiger partial charge in [0.05, 0.1) is 6.61 Å². The minimum atomic E-state index is -0.168. The van der Waals surface area contributed by atoms with E-state index in [1.54, 1.807) is 0 Å². The lowest BCUT2D eigenvalue weighted by Crippen LogP contribution is -2.09. The summed E-state index contributed by atoms with van der Waals surface area (Å²) in [6.07, 6.45) is 4.97. The molecule has 0 aromatic heterocycles. The lowest BCUT2D eigenvalue weighted by atomic mass is 9.97. The van der Waals surface area contributed by atoms with Crippen LogP contribution in [0.15, 0.2) is 0 Å². The molecule has 0 bridgehead atoms. The first kappa shape index (κ1) is 13.5. The Bertz CT molecular complexity index is 154.